The molecule has 0 bridgehead atoms. The van der Waals surface area contributed by atoms with Gasteiger partial charge >= 0.3 is 6.36 Å². The van der Waals surface area contributed by atoms with Crippen molar-refractivity contribution in [3.63, 3.8) is 0 Å². The Labute approximate surface area is 152 Å². The molecule has 0 fully saturated rings. The SMILES string of the molecule is N=C/C=C(\N)c1ccnc(Nc2ccc(OC(F)(F)F)cc2)c1C(=N)CN. The van der Waals surface area contributed by atoms with Crippen LogP contribution >= 0.6 is 0 Å². The van der Waals surface area contributed by atoms with Crippen LogP contribution in [0.25, 0.3) is 5.70 Å². The molecule has 1 heterocycles. The van der Waals surface area contributed by atoms with E-state index in [2.05, 4.69) is 15.0 Å². The zero-order valence-electron chi connectivity index (χ0n) is 14.0. The summed E-state index contributed by atoms with van der Waals surface area (Å²) in [4.78, 5) is 4.17. The first-order valence-electron chi connectivity index (χ1n) is 7.61. The van der Waals surface area contributed by atoms with Crippen molar-refractivity contribution in [2.75, 3.05) is 11.9 Å². The van der Waals surface area contributed by atoms with E-state index < -0.39 is 6.36 Å². The summed E-state index contributed by atoms with van der Waals surface area (Å²) in [7, 11) is 0. The second-order valence-electron chi connectivity index (χ2n) is 5.25. The molecule has 10 heteroatoms. The second kappa shape index (κ2) is 8.32. The molecule has 1 aromatic heterocycles. The van der Waals surface area contributed by atoms with Crippen molar-refractivity contribution in [1.29, 1.82) is 10.8 Å². The standard InChI is InChI=1S/C17H17F3N6O/c18-17(19,20)27-11-3-1-10(2-4-11)26-16-15(14(24)9-22)12(6-8-25-16)13(23)5-7-21/h1-8,21,24H,9,22-23H2,(H,25,26)/b13-5-,21-7?,24-14?. The van der Waals surface area contributed by atoms with Gasteiger partial charge in [-0.05, 0) is 36.4 Å². The van der Waals surface area contributed by atoms with Crippen LogP contribution in [0.3, 0.4) is 0 Å². The largest absolute Gasteiger partial charge is 0.573 e. The van der Waals surface area contributed by atoms with Crippen LogP contribution in [0.1, 0.15) is 11.1 Å². The Balaban J connectivity index is 2.38. The van der Waals surface area contributed by atoms with Crippen molar-refractivity contribution in [3.8, 4) is 5.75 Å². The van der Waals surface area contributed by atoms with Gasteiger partial charge < -0.3 is 32.3 Å². The number of benzene rings is 1. The number of nitrogens with two attached hydrogens (primary N) is 2. The maximum Gasteiger partial charge on any atom is 0.573 e. The zero-order valence-corrected chi connectivity index (χ0v) is 14.0. The summed E-state index contributed by atoms with van der Waals surface area (Å²) in [5.74, 6) is -0.100. The minimum Gasteiger partial charge on any atom is -0.406 e. The summed E-state index contributed by atoms with van der Waals surface area (Å²) in [6.45, 7) is -0.0798. The van der Waals surface area contributed by atoms with Crippen LogP contribution < -0.4 is 21.5 Å². The number of hydrogen-bond donors (Lipinski definition) is 5. The molecule has 0 radical (unpaired) electrons. The van der Waals surface area contributed by atoms with Gasteiger partial charge in [-0.25, -0.2) is 4.98 Å². The maximum atomic E-state index is 12.2. The quantitative estimate of drug-likeness (QED) is 0.472. The molecule has 0 spiro atoms. The Morgan fingerprint density at radius 3 is 2.44 bits per heavy atom. The van der Waals surface area contributed by atoms with Crippen LogP contribution in [0.15, 0.2) is 42.6 Å². The Morgan fingerprint density at radius 2 is 1.89 bits per heavy atom. The monoisotopic (exact) mass is 378 g/mol. The van der Waals surface area contributed by atoms with Crippen molar-refractivity contribution in [3.05, 3.63) is 53.7 Å². The molecule has 2 rings (SSSR count). The third-order valence-corrected chi connectivity index (χ3v) is 3.38. The van der Waals surface area contributed by atoms with E-state index >= 15 is 0 Å². The first-order chi connectivity index (χ1) is 12.7. The van der Waals surface area contributed by atoms with E-state index in [9.17, 15) is 13.2 Å². The summed E-state index contributed by atoms with van der Waals surface area (Å²) >= 11 is 0. The molecule has 7 nitrogen and oxygen atoms in total. The Bertz CT molecular complexity index is 862. The zero-order chi connectivity index (χ0) is 20.0. The van der Waals surface area contributed by atoms with E-state index in [-0.39, 0.29) is 29.5 Å². The predicted molar refractivity (Wildman–Crippen MR) is 97.5 cm³/mol. The average molecular weight is 378 g/mol. The summed E-state index contributed by atoms with van der Waals surface area (Å²) in [6.07, 6.45) is -0.947. The third-order valence-electron chi connectivity index (χ3n) is 3.38. The van der Waals surface area contributed by atoms with Gasteiger partial charge in [0.1, 0.15) is 11.6 Å². The van der Waals surface area contributed by atoms with Crippen molar-refractivity contribution >= 4 is 29.1 Å². The fourth-order valence-corrected chi connectivity index (χ4v) is 2.26. The molecule has 2 aromatic rings. The van der Waals surface area contributed by atoms with Crippen LogP contribution in [-0.2, 0) is 0 Å². The topological polar surface area (TPSA) is 134 Å². The fourth-order valence-electron chi connectivity index (χ4n) is 2.26. The molecule has 0 atom stereocenters. The normalized spacial score (nSPS) is 11.8. The first-order valence-corrected chi connectivity index (χ1v) is 7.61. The van der Waals surface area contributed by atoms with Crippen LogP contribution in [0.4, 0.5) is 24.7 Å². The van der Waals surface area contributed by atoms with Crippen molar-refractivity contribution in [2.45, 2.75) is 6.36 Å². The number of nitrogens with one attached hydrogen (secondary N) is 3. The molecule has 0 aliphatic carbocycles. The molecular weight excluding hydrogens is 361 g/mol. The minimum absolute atomic E-state index is 0.0546. The number of pyridine rings is 1. The number of alkyl halides is 3. The number of hydrogen-bond acceptors (Lipinski definition) is 7. The van der Waals surface area contributed by atoms with Gasteiger partial charge in [0.2, 0.25) is 0 Å². The molecule has 0 unspecified atom stereocenters. The number of halogens is 3. The van der Waals surface area contributed by atoms with Crippen LogP contribution in [0.5, 0.6) is 5.75 Å². The lowest BCUT2D eigenvalue weighted by Gasteiger charge is -2.16. The first kappa shape index (κ1) is 19.9. The lowest BCUT2D eigenvalue weighted by atomic mass is 10.0. The molecule has 0 aliphatic heterocycles. The molecule has 1 aromatic carbocycles. The molecule has 7 N–H and O–H groups in total. The average Bonchev–Trinajstić information content (AvgIpc) is 2.61. The smallest absolute Gasteiger partial charge is 0.406 e. The summed E-state index contributed by atoms with van der Waals surface area (Å²) in [6, 6.07) is 6.64. The molecule has 0 saturated heterocycles. The lowest BCUT2D eigenvalue weighted by Crippen LogP contribution is -2.19. The summed E-state index contributed by atoms with van der Waals surface area (Å²) in [5, 5.41) is 18.2. The molecule has 27 heavy (non-hydrogen) atoms. The second-order valence-corrected chi connectivity index (χ2v) is 5.25. The number of aromatic nitrogens is 1. The molecule has 0 saturated carbocycles. The van der Waals surface area contributed by atoms with Gasteiger partial charge in [-0.15, -0.1) is 13.2 Å². The number of allylic oxidation sites excluding steroid dienone is 1. The van der Waals surface area contributed by atoms with Gasteiger partial charge in [0.25, 0.3) is 0 Å². The van der Waals surface area contributed by atoms with E-state index in [0.717, 1.165) is 18.3 Å². The van der Waals surface area contributed by atoms with Crippen LogP contribution in [0, 0.1) is 10.8 Å². The van der Waals surface area contributed by atoms with E-state index in [1.165, 1.54) is 24.4 Å². The van der Waals surface area contributed by atoms with Crippen molar-refractivity contribution in [2.24, 2.45) is 11.5 Å². The van der Waals surface area contributed by atoms with Gasteiger partial charge in [0.15, 0.2) is 0 Å². The number of ether oxygens (including phenoxy) is 1. The van der Waals surface area contributed by atoms with E-state index in [4.69, 9.17) is 22.3 Å². The van der Waals surface area contributed by atoms with E-state index in [1.54, 1.807) is 6.07 Å². The van der Waals surface area contributed by atoms with Crippen LogP contribution in [-0.4, -0.2) is 29.8 Å². The molecule has 0 aliphatic rings. The third kappa shape index (κ3) is 5.28. The molecular formula is C17H17F3N6O. The highest BCUT2D eigenvalue weighted by Gasteiger charge is 2.31. The minimum atomic E-state index is -4.77. The van der Waals surface area contributed by atoms with Crippen LogP contribution in [0.2, 0.25) is 0 Å². The van der Waals surface area contributed by atoms with E-state index in [1.807, 2.05) is 0 Å². The van der Waals surface area contributed by atoms with Gasteiger partial charge in [-0.3, -0.25) is 0 Å². The van der Waals surface area contributed by atoms with Crippen molar-refractivity contribution in [1.82, 2.24) is 4.98 Å². The molecule has 0 amide bonds. The number of rotatable bonds is 7. The Kier molecular flexibility index (Phi) is 6.14. The molecule has 142 valence electrons. The highest BCUT2D eigenvalue weighted by Crippen LogP contribution is 2.28. The van der Waals surface area contributed by atoms with Gasteiger partial charge in [0, 0.05) is 41.5 Å². The van der Waals surface area contributed by atoms with Crippen molar-refractivity contribution < 1.29 is 17.9 Å². The summed E-state index contributed by atoms with van der Waals surface area (Å²) in [5.41, 5.74) is 13.0. The maximum absolute atomic E-state index is 12.2. The van der Waals surface area contributed by atoms with Gasteiger partial charge in [-0.1, -0.05) is 0 Å². The summed E-state index contributed by atoms with van der Waals surface area (Å²) < 4.78 is 40.5. The highest BCUT2D eigenvalue weighted by atomic mass is 19.4. The number of nitrogens with zero attached hydrogens (tertiary/aromatic N) is 1. The Morgan fingerprint density at radius 1 is 1.22 bits per heavy atom. The van der Waals surface area contributed by atoms with Gasteiger partial charge in [0.05, 0.1) is 5.71 Å². The highest BCUT2D eigenvalue weighted by molar-refractivity contribution is 6.08. The lowest BCUT2D eigenvalue weighted by molar-refractivity contribution is -0.274. The number of anilines is 2. The van der Waals surface area contributed by atoms with E-state index in [0.29, 0.717) is 16.8 Å². The Hall–Kier alpha value is -3.40. The fraction of sp³-hybridized carbons (Fsp3) is 0.118. The van der Waals surface area contributed by atoms with Gasteiger partial charge in [-0.2, -0.15) is 0 Å². The predicted octanol–water partition coefficient (Wildman–Crippen LogP) is 3.00.